The summed E-state index contributed by atoms with van der Waals surface area (Å²) in [6.45, 7) is 8.19. The van der Waals surface area contributed by atoms with Crippen molar-refractivity contribution in [3.05, 3.63) is 0 Å². The van der Waals surface area contributed by atoms with Gasteiger partial charge >= 0.3 is 0 Å². The van der Waals surface area contributed by atoms with Gasteiger partial charge in [-0.2, -0.15) is 0 Å². The highest BCUT2D eigenvalue weighted by Gasteiger charge is 1.93. The maximum Gasteiger partial charge on any atom is 0.0776 e. The molecular weight excluding hydrogens is 264 g/mol. The van der Waals surface area contributed by atoms with Gasteiger partial charge < -0.3 is 28.4 Å². The number of rotatable bonds is 10. The molecule has 0 amide bonds. The van der Waals surface area contributed by atoms with Gasteiger partial charge in [-0.1, -0.05) is 0 Å². The van der Waals surface area contributed by atoms with Crippen LogP contribution in [0.15, 0.2) is 0 Å². The fourth-order valence-corrected chi connectivity index (χ4v) is 0.756. The average molecular weight is 298 g/mol. The van der Waals surface area contributed by atoms with E-state index in [1.54, 1.807) is 35.5 Å². The zero-order valence-corrected chi connectivity index (χ0v) is 14.3. The molecule has 0 heterocycles. The van der Waals surface area contributed by atoms with Crippen LogP contribution in [0.2, 0.25) is 0 Å². The lowest BCUT2D eigenvalue weighted by Gasteiger charge is -2.05. The average Bonchev–Trinajstić information content (AvgIpc) is 2.47. The minimum atomic E-state index is 0.227. The van der Waals surface area contributed by atoms with Crippen molar-refractivity contribution < 1.29 is 28.4 Å². The summed E-state index contributed by atoms with van der Waals surface area (Å²) in [6, 6.07) is 0. The highest BCUT2D eigenvalue weighted by molar-refractivity contribution is 4.41. The predicted octanol–water partition coefficient (Wildman–Crippen LogP) is 1.62. The second-order valence-electron chi connectivity index (χ2n) is 3.68. The lowest BCUT2D eigenvalue weighted by atomic mass is 10.4. The Balaban J connectivity index is -0.000000218. The Bertz CT molecular complexity index is 127. The van der Waals surface area contributed by atoms with Crippen LogP contribution in [0.3, 0.4) is 0 Å². The number of hydrogen-bond acceptors (Lipinski definition) is 6. The molecule has 0 aliphatic carbocycles. The molecule has 126 valence electrons. The Morgan fingerprint density at radius 2 is 1.15 bits per heavy atom. The van der Waals surface area contributed by atoms with Gasteiger partial charge in [-0.15, -0.1) is 0 Å². The molecule has 6 heteroatoms. The van der Waals surface area contributed by atoms with Gasteiger partial charge in [0.15, 0.2) is 0 Å². The summed E-state index contributed by atoms with van der Waals surface area (Å²) in [5, 5.41) is 0. The van der Waals surface area contributed by atoms with E-state index in [-0.39, 0.29) is 6.10 Å². The molecule has 0 radical (unpaired) electrons. The first-order valence-electron chi connectivity index (χ1n) is 6.70. The molecule has 0 saturated carbocycles. The Morgan fingerprint density at radius 3 is 1.40 bits per heavy atom. The first-order chi connectivity index (χ1) is 9.64. The lowest BCUT2D eigenvalue weighted by molar-refractivity contribution is 0.0401. The van der Waals surface area contributed by atoms with E-state index < -0.39 is 0 Å². The maximum absolute atomic E-state index is 4.95. The summed E-state index contributed by atoms with van der Waals surface area (Å²) < 4.78 is 28.6. The van der Waals surface area contributed by atoms with Crippen molar-refractivity contribution in [3.63, 3.8) is 0 Å². The third-order valence-corrected chi connectivity index (χ3v) is 1.93. The summed E-state index contributed by atoms with van der Waals surface area (Å²) in [4.78, 5) is 0. The molecule has 0 aliphatic rings. The van der Waals surface area contributed by atoms with Crippen molar-refractivity contribution in [1.29, 1.82) is 0 Å². The molecule has 0 saturated heterocycles. The molecule has 0 rings (SSSR count). The van der Waals surface area contributed by atoms with E-state index in [4.69, 9.17) is 18.9 Å². The van der Waals surface area contributed by atoms with Crippen molar-refractivity contribution in [3.8, 4) is 0 Å². The standard InChI is InChI=1S/2C5H12O2.C4H10O2/c1-5(7-3)4-6-2;1-3-7-5-4-6-2;1-5-3-4-6-2/h5H,4H2,1-3H3;3-5H2,1-2H3;3-4H2,1-2H3. The van der Waals surface area contributed by atoms with E-state index in [0.29, 0.717) is 33.0 Å². The third kappa shape index (κ3) is 36.1. The summed E-state index contributed by atoms with van der Waals surface area (Å²) in [7, 11) is 8.30. The molecule has 0 aliphatic heterocycles. The fourth-order valence-electron chi connectivity index (χ4n) is 0.756. The van der Waals surface area contributed by atoms with Gasteiger partial charge in [-0.05, 0) is 13.8 Å². The first-order valence-corrected chi connectivity index (χ1v) is 6.70. The minimum Gasteiger partial charge on any atom is -0.382 e. The Hall–Kier alpha value is -0.240. The van der Waals surface area contributed by atoms with E-state index in [9.17, 15) is 0 Å². The largest absolute Gasteiger partial charge is 0.382 e. The molecule has 0 aromatic rings. The Morgan fingerprint density at radius 1 is 0.700 bits per heavy atom. The summed E-state index contributed by atoms with van der Waals surface area (Å²) in [5.41, 5.74) is 0. The zero-order chi connectivity index (χ0) is 16.1. The van der Waals surface area contributed by atoms with E-state index in [1.807, 2.05) is 13.8 Å². The van der Waals surface area contributed by atoms with Crippen LogP contribution in [0.25, 0.3) is 0 Å². The number of methoxy groups -OCH3 is 5. The van der Waals surface area contributed by atoms with Crippen LogP contribution < -0.4 is 0 Å². The fraction of sp³-hybridized carbons (Fsp3) is 1.00. The van der Waals surface area contributed by atoms with Crippen LogP contribution >= 0.6 is 0 Å². The molecule has 0 aromatic heterocycles. The highest BCUT2D eigenvalue weighted by atomic mass is 16.5. The van der Waals surface area contributed by atoms with Crippen LogP contribution in [-0.2, 0) is 28.4 Å². The van der Waals surface area contributed by atoms with Gasteiger partial charge in [0.05, 0.1) is 39.1 Å². The van der Waals surface area contributed by atoms with Gasteiger partial charge in [0.25, 0.3) is 0 Å². The van der Waals surface area contributed by atoms with Crippen LogP contribution in [0.1, 0.15) is 13.8 Å². The summed E-state index contributed by atoms with van der Waals surface area (Å²) in [6.07, 6.45) is 0.227. The smallest absolute Gasteiger partial charge is 0.0776 e. The molecule has 1 unspecified atom stereocenters. The summed E-state index contributed by atoms with van der Waals surface area (Å²) >= 11 is 0. The normalized spacial score (nSPS) is 10.9. The SMILES string of the molecule is CCOCCOC.COCC(C)OC.COCCOC. The molecule has 20 heavy (non-hydrogen) atoms. The Kier molecular flexibility index (Phi) is 33.6. The van der Waals surface area contributed by atoms with E-state index in [1.165, 1.54) is 0 Å². The third-order valence-electron chi connectivity index (χ3n) is 1.93. The van der Waals surface area contributed by atoms with Crippen LogP contribution in [-0.4, -0.2) is 81.3 Å². The van der Waals surface area contributed by atoms with E-state index >= 15 is 0 Å². The van der Waals surface area contributed by atoms with Gasteiger partial charge in [0.1, 0.15) is 0 Å². The molecule has 0 spiro atoms. The maximum atomic E-state index is 4.95. The lowest BCUT2D eigenvalue weighted by Crippen LogP contribution is -2.11. The molecule has 6 nitrogen and oxygen atoms in total. The van der Waals surface area contributed by atoms with Crippen molar-refractivity contribution in [2.24, 2.45) is 0 Å². The molecule has 0 fully saturated rings. The van der Waals surface area contributed by atoms with Crippen LogP contribution in [0, 0.1) is 0 Å². The number of ether oxygens (including phenoxy) is 6. The van der Waals surface area contributed by atoms with E-state index in [0.717, 1.165) is 6.61 Å². The zero-order valence-electron chi connectivity index (χ0n) is 14.3. The highest BCUT2D eigenvalue weighted by Crippen LogP contribution is 1.84. The molecule has 0 bridgehead atoms. The van der Waals surface area contributed by atoms with Crippen molar-refractivity contribution in [1.82, 2.24) is 0 Å². The monoisotopic (exact) mass is 298 g/mol. The van der Waals surface area contributed by atoms with Crippen molar-refractivity contribution >= 4 is 0 Å². The van der Waals surface area contributed by atoms with Gasteiger partial charge in [0.2, 0.25) is 0 Å². The molecule has 1 atom stereocenters. The second-order valence-corrected chi connectivity index (χ2v) is 3.68. The molecular formula is C14H34O6. The minimum absolute atomic E-state index is 0.227. The quantitative estimate of drug-likeness (QED) is 0.571. The van der Waals surface area contributed by atoms with Crippen LogP contribution in [0.4, 0.5) is 0 Å². The van der Waals surface area contributed by atoms with Gasteiger partial charge in [-0.3, -0.25) is 0 Å². The van der Waals surface area contributed by atoms with E-state index in [2.05, 4.69) is 9.47 Å². The van der Waals surface area contributed by atoms with Gasteiger partial charge in [-0.25, -0.2) is 0 Å². The Labute approximate surface area is 124 Å². The first kappa shape index (κ1) is 24.8. The van der Waals surface area contributed by atoms with Crippen molar-refractivity contribution in [2.45, 2.75) is 20.0 Å². The van der Waals surface area contributed by atoms with Crippen LogP contribution in [0.5, 0.6) is 0 Å². The topological polar surface area (TPSA) is 55.4 Å². The van der Waals surface area contributed by atoms with Gasteiger partial charge in [0, 0.05) is 42.2 Å². The summed E-state index contributed by atoms with van der Waals surface area (Å²) in [5.74, 6) is 0. The number of hydrogen-bond donors (Lipinski definition) is 0. The molecule has 0 N–H and O–H groups in total. The molecule has 0 aromatic carbocycles. The second kappa shape index (κ2) is 27.2. The predicted molar refractivity (Wildman–Crippen MR) is 80.5 cm³/mol. The van der Waals surface area contributed by atoms with Crippen molar-refractivity contribution in [2.75, 3.05) is 75.2 Å².